The van der Waals surface area contributed by atoms with Gasteiger partial charge in [-0.2, -0.15) is 0 Å². The summed E-state index contributed by atoms with van der Waals surface area (Å²) in [5.41, 5.74) is 1.64. The monoisotopic (exact) mass is 289 g/mol. The van der Waals surface area contributed by atoms with Crippen LogP contribution in [0.3, 0.4) is 0 Å². The molecule has 0 aliphatic heterocycles. The van der Waals surface area contributed by atoms with E-state index in [0.29, 0.717) is 23.1 Å². The number of aromatic nitrogens is 1. The Kier molecular flexibility index (Phi) is 5.00. The lowest BCUT2D eigenvalue weighted by Gasteiger charge is -2.11. The van der Waals surface area contributed by atoms with Crippen molar-refractivity contribution in [2.75, 3.05) is 14.2 Å². The number of nitrogens with zero attached hydrogens (tertiary/aromatic N) is 1. The van der Waals surface area contributed by atoms with E-state index < -0.39 is 0 Å². The molecule has 0 unspecified atom stereocenters. The van der Waals surface area contributed by atoms with Crippen LogP contribution in [0.25, 0.3) is 0 Å². The highest BCUT2D eigenvalue weighted by Gasteiger charge is 2.07. The van der Waals surface area contributed by atoms with Crippen molar-refractivity contribution in [1.82, 2.24) is 4.98 Å². The molecule has 0 atom stereocenters. The number of rotatable bonds is 6. The Morgan fingerprint density at radius 2 is 1.57 bits per heavy atom. The third-order valence-electron chi connectivity index (χ3n) is 3.01. The highest BCUT2D eigenvalue weighted by Crippen LogP contribution is 2.30. The highest BCUT2D eigenvalue weighted by atomic mass is 16.5. The van der Waals surface area contributed by atoms with Gasteiger partial charge in [0.05, 0.1) is 20.8 Å². The van der Waals surface area contributed by atoms with Crippen LogP contribution in [0.5, 0.6) is 23.1 Å². The predicted molar refractivity (Wildman–Crippen MR) is 79.2 cm³/mol. The van der Waals surface area contributed by atoms with E-state index in [1.807, 2.05) is 13.0 Å². The van der Waals surface area contributed by atoms with Gasteiger partial charge in [0.1, 0.15) is 17.2 Å². The van der Waals surface area contributed by atoms with Crippen molar-refractivity contribution in [1.29, 1.82) is 0 Å². The number of hydrogen-bond acceptors (Lipinski definition) is 5. The highest BCUT2D eigenvalue weighted by molar-refractivity contribution is 5.43. The molecule has 21 heavy (non-hydrogen) atoms. The van der Waals surface area contributed by atoms with Gasteiger partial charge in [0.2, 0.25) is 5.88 Å². The molecule has 5 nitrogen and oxygen atoms in total. The number of methoxy groups -OCH3 is 2. The fraction of sp³-hybridized carbons (Fsp3) is 0.312. The van der Waals surface area contributed by atoms with E-state index in [-0.39, 0.29) is 6.61 Å². The molecule has 0 saturated carbocycles. The van der Waals surface area contributed by atoms with Crippen LogP contribution in [0, 0.1) is 0 Å². The van der Waals surface area contributed by atoms with E-state index in [1.165, 1.54) is 0 Å². The van der Waals surface area contributed by atoms with E-state index in [0.717, 1.165) is 17.7 Å². The minimum Gasteiger partial charge on any atom is -0.496 e. The first-order chi connectivity index (χ1) is 10.2. The SMILES string of the molecule is CCc1cc(CO)cc(Oc2cc(OC)cc(OC)c2)n1. The van der Waals surface area contributed by atoms with Crippen molar-refractivity contribution in [2.24, 2.45) is 0 Å². The summed E-state index contributed by atoms with van der Waals surface area (Å²) in [4.78, 5) is 4.39. The van der Waals surface area contributed by atoms with Gasteiger partial charge >= 0.3 is 0 Å². The zero-order valence-electron chi connectivity index (χ0n) is 12.4. The van der Waals surface area contributed by atoms with E-state index in [1.54, 1.807) is 38.5 Å². The molecule has 0 bridgehead atoms. The van der Waals surface area contributed by atoms with E-state index in [9.17, 15) is 5.11 Å². The van der Waals surface area contributed by atoms with Gasteiger partial charge in [0.15, 0.2) is 0 Å². The summed E-state index contributed by atoms with van der Waals surface area (Å²) < 4.78 is 16.2. The minimum atomic E-state index is -0.0483. The van der Waals surface area contributed by atoms with Crippen LogP contribution in [0.2, 0.25) is 0 Å². The lowest BCUT2D eigenvalue weighted by Crippen LogP contribution is -1.97. The number of benzene rings is 1. The molecule has 1 heterocycles. The van der Waals surface area contributed by atoms with Crippen LogP contribution in [-0.2, 0) is 13.0 Å². The largest absolute Gasteiger partial charge is 0.496 e. The molecule has 112 valence electrons. The van der Waals surface area contributed by atoms with Crippen molar-refractivity contribution < 1.29 is 19.3 Å². The van der Waals surface area contributed by atoms with Crippen molar-refractivity contribution >= 4 is 0 Å². The van der Waals surface area contributed by atoms with Crippen molar-refractivity contribution in [3.63, 3.8) is 0 Å². The van der Waals surface area contributed by atoms with Crippen LogP contribution >= 0.6 is 0 Å². The third-order valence-corrected chi connectivity index (χ3v) is 3.01. The Labute approximate surface area is 124 Å². The second-order valence-electron chi connectivity index (χ2n) is 4.47. The lowest BCUT2D eigenvalue weighted by atomic mass is 10.2. The van der Waals surface area contributed by atoms with Gasteiger partial charge in [-0.3, -0.25) is 0 Å². The van der Waals surface area contributed by atoms with E-state index in [2.05, 4.69) is 4.98 Å². The molecule has 5 heteroatoms. The summed E-state index contributed by atoms with van der Waals surface area (Å²) in [6.07, 6.45) is 0.769. The Morgan fingerprint density at radius 1 is 0.952 bits per heavy atom. The first-order valence-corrected chi connectivity index (χ1v) is 6.70. The maximum Gasteiger partial charge on any atom is 0.219 e. The second-order valence-corrected chi connectivity index (χ2v) is 4.47. The number of aryl methyl sites for hydroxylation is 1. The first-order valence-electron chi connectivity index (χ1n) is 6.70. The van der Waals surface area contributed by atoms with Crippen LogP contribution in [0.15, 0.2) is 30.3 Å². The summed E-state index contributed by atoms with van der Waals surface area (Å²) in [6, 6.07) is 8.84. The smallest absolute Gasteiger partial charge is 0.219 e. The third kappa shape index (κ3) is 3.86. The van der Waals surface area contributed by atoms with Gasteiger partial charge in [-0.05, 0) is 18.1 Å². The van der Waals surface area contributed by atoms with Crippen molar-refractivity contribution in [3.8, 4) is 23.1 Å². The topological polar surface area (TPSA) is 60.8 Å². The average Bonchev–Trinajstić information content (AvgIpc) is 2.53. The van der Waals surface area contributed by atoms with Gasteiger partial charge < -0.3 is 19.3 Å². The normalized spacial score (nSPS) is 10.3. The van der Waals surface area contributed by atoms with Gasteiger partial charge in [0, 0.05) is 30.0 Å². The van der Waals surface area contributed by atoms with Gasteiger partial charge in [0.25, 0.3) is 0 Å². The lowest BCUT2D eigenvalue weighted by molar-refractivity contribution is 0.280. The summed E-state index contributed by atoms with van der Waals surface area (Å²) in [5.74, 6) is 2.28. The molecule has 2 rings (SSSR count). The Balaban J connectivity index is 2.32. The van der Waals surface area contributed by atoms with Crippen LogP contribution < -0.4 is 14.2 Å². The maximum absolute atomic E-state index is 9.29. The quantitative estimate of drug-likeness (QED) is 0.886. The Bertz CT molecular complexity index is 515. The van der Waals surface area contributed by atoms with Gasteiger partial charge in [-0.1, -0.05) is 6.92 Å². The number of pyridine rings is 1. The zero-order chi connectivity index (χ0) is 15.2. The van der Waals surface area contributed by atoms with Crippen LogP contribution in [0.1, 0.15) is 18.2 Å². The van der Waals surface area contributed by atoms with Crippen molar-refractivity contribution in [2.45, 2.75) is 20.0 Å². The van der Waals surface area contributed by atoms with E-state index in [4.69, 9.17) is 14.2 Å². The minimum absolute atomic E-state index is 0.0483. The molecule has 0 aliphatic carbocycles. The number of hydrogen-bond donors (Lipinski definition) is 1. The molecule has 0 amide bonds. The number of ether oxygens (including phenoxy) is 3. The predicted octanol–water partition coefficient (Wildman–Crippen LogP) is 2.95. The summed E-state index contributed by atoms with van der Waals surface area (Å²) in [5, 5.41) is 9.29. The van der Waals surface area contributed by atoms with Gasteiger partial charge in [-0.25, -0.2) is 4.98 Å². The summed E-state index contributed by atoms with van der Waals surface area (Å²) in [7, 11) is 3.16. The molecule has 1 aromatic heterocycles. The number of aliphatic hydroxyl groups excluding tert-OH is 1. The molecule has 0 fully saturated rings. The number of aliphatic hydroxyl groups is 1. The second kappa shape index (κ2) is 6.95. The Morgan fingerprint density at radius 3 is 2.10 bits per heavy atom. The van der Waals surface area contributed by atoms with Gasteiger partial charge in [-0.15, -0.1) is 0 Å². The molecule has 2 aromatic rings. The molecule has 0 radical (unpaired) electrons. The van der Waals surface area contributed by atoms with E-state index >= 15 is 0 Å². The molecule has 0 spiro atoms. The standard InChI is InChI=1S/C16H19NO4/c1-4-12-5-11(10-18)6-16(17-12)21-15-8-13(19-2)7-14(9-15)20-3/h5-9,18H,4,10H2,1-3H3. The molecule has 1 aromatic carbocycles. The first kappa shape index (κ1) is 15.1. The fourth-order valence-electron chi connectivity index (χ4n) is 1.91. The average molecular weight is 289 g/mol. The maximum atomic E-state index is 9.29. The van der Waals surface area contributed by atoms with Crippen LogP contribution in [0.4, 0.5) is 0 Å². The molecule has 1 N–H and O–H groups in total. The Hall–Kier alpha value is -2.27. The molecule has 0 aliphatic rings. The fourth-order valence-corrected chi connectivity index (χ4v) is 1.91. The summed E-state index contributed by atoms with van der Waals surface area (Å²) in [6.45, 7) is 1.95. The van der Waals surface area contributed by atoms with Crippen LogP contribution in [-0.4, -0.2) is 24.3 Å². The van der Waals surface area contributed by atoms with Crippen molar-refractivity contribution in [3.05, 3.63) is 41.6 Å². The molecule has 0 saturated heterocycles. The zero-order valence-corrected chi connectivity index (χ0v) is 12.4. The molecular weight excluding hydrogens is 270 g/mol. The summed E-state index contributed by atoms with van der Waals surface area (Å²) >= 11 is 0. The molecular formula is C16H19NO4.